The molecule has 1 aromatic rings. The number of carbonyl (C=O) groups is 1. The molecular weight excluding hydrogens is 242 g/mol. The average Bonchev–Trinajstić information content (AvgIpc) is 2.79. The molecule has 0 aliphatic heterocycles. The summed E-state index contributed by atoms with van der Waals surface area (Å²) >= 11 is 0. The fraction of sp³-hybridized carbons (Fsp3) is 0.533. The van der Waals surface area contributed by atoms with Crippen LogP contribution in [0.3, 0.4) is 0 Å². The minimum Gasteiger partial charge on any atom is -0.484 e. The van der Waals surface area contributed by atoms with Gasteiger partial charge in [-0.15, -0.1) is 0 Å². The first-order valence-electron chi connectivity index (χ1n) is 6.87. The molecule has 4 heteroatoms. The SMILES string of the molecule is CCN(CC)C(=O)COc1ccc2c(c1)CCC2O. The molecular formula is C15H21NO3. The second-order valence-electron chi connectivity index (χ2n) is 4.77. The van der Waals surface area contributed by atoms with Gasteiger partial charge in [-0.05, 0) is 49.9 Å². The van der Waals surface area contributed by atoms with Crippen molar-refractivity contribution < 1.29 is 14.6 Å². The number of aryl methyl sites for hydroxylation is 1. The summed E-state index contributed by atoms with van der Waals surface area (Å²) in [4.78, 5) is 13.6. The van der Waals surface area contributed by atoms with Crippen LogP contribution in [0.2, 0.25) is 0 Å². The van der Waals surface area contributed by atoms with E-state index in [2.05, 4.69) is 0 Å². The van der Waals surface area contributed by atoms with E-state index < -0.39 is 0 Å². The summed E-state index contributed by atoms with van der Waals surface area (Å²) in [6, 6.07) is 5.65. The van der Waals surface area contributed by atoms with Crippen LogP contribution in [-0.2, 0) is 11.2 Å². The number of hydrogen-bond donors (Lipinski definition) is 1. The smallest absolute Gasteiger partial charge is 0.260 e. The Kier molecular flexibility index (Phi) is 4.43. The monoisotopic (exact) mass is 263 g/mol. The summed E-state index contributed by atoms with van der Waals surface area (Å²) in [6.07, 6.45) is 1.30. The van der Waals surface area contributed by atoms with Crippen molar-refractivity contribution in [2.45, 2.75) is 32.8 Å². The predicted octanol–water partition coefficient (Wildman–Crippen LogP) is 1.91. The summed E-state index contributed by atoms with van der Waals surface area (Å²) in [5, 5.41) is 9.73. The molecule has 0 saturated heterocycles. The van der Waals surface area contributed by atoms with Gasteiger partial charge < -0.3 is 14.7 Å². The summed E-state index contributed by atoms with van der Waals surface area (Å²) in [5.41, 5.74) is 2.11. The van der Waals surface area contributed by atoms with Crippen molar-refractivity contribution in [1.29, 1.82) is 0 Å². The number of ether oxygens (including phenoxy) is 1. The topological polar surface area (TPSA) is 49.8 Å². The summed E-state index contributed by atoms with van der Waals surface area (Å²) < 4.78 is 5.54. The van der Waals surface area contributed by atoms with E-state index in [4.69, 9.17) is 4.74 Å². The molecule has 0 radical (unpaired) electrons. The molecule has 0 saturated carbocycles. The highest BCUT2D eigenvalue weighted by molar-refractivity contribution is 5.77. The normalized spacial score (nSPS) is 17.1. The van der Waals surface area contributed by atoms with Crippen LogP contribution in [-0.4, -0.2) is 35.6 Å². The number of carbonyl (C=O) groups excluding carboxylic acids is 1. The van der Waals surface area contributed by atoms with Crippen LogP contribution in [0.25, 0.3) is 0 Å². The van der Waals surface area contributed by atoms with Gasteiger partial charge in [0.2, 0.25) is 0 Å². The van der Waals surface area contributed by atoms with Crippen LogP contribution in [0.1, 0.15) is 37.5 Å². The number of fused-ring (bicyclic) bond motifs is 1. The van der Waals surface area contributed by atoms with Crippen molar-refractivity contribution >= 4 is 5.91 Å². The first kappa shape index (κ1) is 13.9. The largest absolute Gasteiger partial charge is 0.484 e. The van der Waals surface area contributed by atoms with Crippen LogP contribution in [0, 0.1) is 0 Å². The highest BCUT2D eigenvalue weighted by Crippen LogP contribution is 2.33. The number of hydrogen-bond acceptors (Lipinski definition) is 3. The molecule has 1 aliphatic rings. The molecule has 19 heavy (non-hydrogen) atoms. The van der Waals surface area contributed by atoms with Crippen LogP contribution >= 0.6 is 0 Å². The van der Waals surface area contributed by atoms with Gasteiger partial charge in [-0.25, -0.2) is 0 Å². The Balaban J connectivity index is 1.96. The molecule has 4 nitrogen and oxygen atoms in total. The number of aliphatic hydroxyl groups is 1. The Morgan fingerprint density at radius 2 is 2.16 bits per heavy atom. The van der Waals surface area contributed by atoms with Crippen molar-refractivity contribution in [2.75, 3.05) is 19.7 Å². The molecule has 1 aromatic carbocycles. The van der Waals surface area contributed by atoms with Crippen molar-refractivity contribution in [3.05, 3.63) is 29.3 Å². The van der Waals surface area contributed by atoms with E-state index >= 15 is 0 Å². The quantitative estimate of drug-likeness (QED) is 0.883. The maximum absolute atomic E-state index is 11.8. The van der Waals surface area contributed by atoms with Gasteiger partial charge in [-0.3, -0.25) is 4.79 Å². The Hall–Kier alpha value is -1.55. The molecule has 1 atom stereocenters. The Morgan fingerprint density at radius 3 is 2.84 bits per heavy atom. The van der Waals surface area contributed by atoms with E-state index in [1.165, 1.54) is 0 Å². The summed E-state index contributed by atoms with van der Waals surface area (Å²) in [7, 11) is 0. The van der Waals surface area contributed by atoms with Crippen molar-refractivity contribution in [2.24, 2.45) is 0 Å². The van der Waals surface area contributed by atoms with Crippen molar-refractivity contribution in [3.8, 4) is 5.75 Å². The second-order valence-corrected chi connectivity index (χ2v) is 4.77. The third-order valence-electron chi connectivity index (χ3n) is 3.64. The number of benzene rings is 1. The van der Waals surface area contributed by atoms with E-state index in [-0.39, 0.29) is 18.6 Å². The predicted molar refractivity (Wildman–Crippen MR) is 73.1 cm³/mol. The van der Waals surface area contributed by atoms with Gasteiger partial charge in [0.1, 0.15) is 5.75 Å². The van der Waals surface area contributed by atoms with Gasteiger partial charge in [0.15, 0.2) is 6.61 Å². The molecule has 0 fully saturated rings. The Bertz CT molecular complexity index is 455. The third-order valence-corrected chi connectivity index (χ3v) is 3.64. The zero-order valence-electron chi connectivity index (χ0n) is 11.6. The van der Waals surface area contributed by atoms with Gasteiger partial charge >= 0.3 is 0 Å². The number of rotatable bonds is 5. The van der Waals surface area contributed by atoms with Crippen LogP contribution < -0.4 is 4.74 Å². The van der Waals surface area contributed by atoms with Crippen LogP contribution in [0.15, 0.2) is 18.2 Å². The highest BCUT2D eigenvalue weighted by atomic mass is 16.5. The molecule has 1 amide bonds. The molecule has 1 aliphatic carbocycles. The molecule has 0 spiro atoms. The molecule has 2 rings (SSSR count). The van der Waals surface area contributed by atoms with E-state index in [9.17, 15) is 9.90 Å². The first-order chi connectivity index (χ1) is 9.15. The van der Waals surface area contributed by atoms with E-state index in [0.717, 1.165) is 24.0 Å². The van der Waals surface area contributed by atoms with Gasteiger partial charge in [-0.1, -0.05) is 6.07 Å². The lowest BCUT2D eigenvalue weighted by Gasteiger charge is -2.18. The lowest BCUT2D eigenvalue weighted by Crippen LogP contribution is -2.34. The van der Waals surface area contributed by atoms with Crippen LogP contribution in [0.4, 0.5) is 0 Å². The first-order valence-corrected chi connectivity index (χ1v) is 6.87. The number of amides is 1. The molecule has 0 bridgehead atoms. The Morgan fingerprint density at radius 1 is 1.42 bits per heavy atom. The number of likely N-dealkylation sites (N-methyl/N-ethyl adjacent to an activating group) is 1. The number of nitrogens with zero attached hydrogens (tertiary/aromatic N) is 1. The van der Waals surface area contributed by atoms with E-state index in [1.54, 1.807) is 4.90 Å². The maximum Gasteiger partial charge on any atom is 0.260 e. The summed E-state index contributed by atoms with van der Waals surface area (Å²) in [5.74, 6) is 0.707. The molecule has 104 valence electrons. The molecule has 0 heterocycles. The van der Waals surface area contributed by atoms with E-state index in [1.807, 2.05) is 32.0 Å². The zero-order chi connectivity index (χ0) is 13.8. The minimum absolute atomic E-state index is 0.00512. The van der Waals surface area contributed by atoms with Gasteiger partial charge in [0.05, 0.1) is 6.10 Å². The number of aliphatic hydroxyl groups excluding tert-OH is 1. The second kappa shape index (κ2) is 6.06. The molecule has 1 N–H and O–H groups in total. The average molecular weight is 263 g/mol. The third kappa shape index (κ3) is 3.07. The standard InChI is InChI=1S/C15H21NO3/c1-3-16(4-2)15(18)10-19-12-6-7-13-11(9-12)5-8-14(13)17/h6-7,9,14,17H,3-5,8,10H2,1-2H3. The minimum atomic E-state index is -0.346. The van der Waals surface area contributed by atoms with Gasteiger partial charge in [0, 0.05) is 13.1 Å². The van der Waals surface area contributed by atoms with E-state index in [0.29, 0.717) is 18.8 Å². The lowest BCUT2D eigenvalue weighted by molar-refractivity contribution is -0.132. The van der Waals surface area contributed by atoms with Gasteiger partial charge in [-0.2, -0.15) is 0 Å². The molecule has 0 aromatic heterocycles. The summed E-state index contributed by atoms with van der Waals surface area (Å²) in [6.45, 7) is 5.39. The Labute approximate surface area is 114 Å². The van der Waals surface area contributed by atoms with Crippen molar-refractivity contribution in [3.63, 3.8) is 0 Å². The fourth-order valence-corrected chi connectivity index (χ4v) is 2.47. The fourth-order valence-electron chi connectivity index (χ4n) is 2.47. The van der Waals surface area contributed by atoms with Gasteiger partial charge in [0.25, 0.3) is 5.91 Å². The van der Waals surface area contributed by atoms with Crippen molar-refractivity contribution in [1.82, 2.24) is 4.90 Å². The molecule has 1 unspecified atom stereocenters. The lowest BCUT2D eigenvalue weighted by atomic mass is 10.1. The zero-order valence-corrected chi connectivity index (χ0v) is 11.6. The highest BCUT2D eigenvalue weighted by Gasteiger charge is 2.20. The van der Waals surface area contributed by atoms with Crippen LogP contribution in [0.5, 0.6) is 5.75 Å². The maximum atomic E-state index is 11.8.